The predicted molar refractivity (Wildman–Crippen MR) is 140 cm³/mol. The van der Waals surface area contributed by atoms with Gasteiger partial charge in [-0.25, -0.2) is 8.42 Å². The van der Waals surface area contributed by atoms with Crippen LogP contribution in [-0.4, -0.2) is 57.6 Å². The number of hydrogen-bond acceptors (Lipinski definition) is 5. The monoisotopic (exact) mass is 543 g/mol. The van der Waals surface area contributed by atoms with Gasteiger partial charge in [0.25, 0.3) is 0 Å². The van der Waals surface area contributed by atoms with Crippen molar-refractivity contribution in [3.05, 3.63) is 58.1 Å². The molecule has 0 saturated carbocycles. The van der Waals surface area contributed by atoms with E-state index in [2.05, 4.69) is 5.32 Å². The number of hydrogen-bond donors (Lipinski definition) is 1. The number of nitrogens with zero attached hydrogens (tertiary/aromatic N) is 2. The van der Waals surface area contributed by atoms with E-state index in [1.165, 1.54) is 22.4 Å². The summed E-state index contributed by atoms with van der Waals surface area (Å²) in [6.07, 6.45) is 1.39. The van der Waals surface area contributed by atoms with Gasteiger partial charge >= 0.3 is 0 Å². The van der Waals surface area contributed by atoms with E-state index in [1.54, 1.807) is 50.2 Å². The first-order valence-electron chi connectivity index (χ1n) is 11.1. The van der Waals surface area contributed by atoms with Crippen LogP contribution < -0.4 is 14.4 Å². The number of benzene rings is 2. The Balaban J connectivity index is 2.17. The first kappa shape index (κ1) is 28.7. The van der Waals surface area contributed by atoms with E-state index in [0.29, 0.717) is 23.0 Å². The molecule has 0 aliphatic carbocycles. The number of likely N-dealkylation sites (N-methyl/N-ethyl adjacent to an activating group) is 1. The molecule has 0 fully saturated rings. The fraction of sp³-hybridized carbons (Fsp3) is 0.417. The second-order valence-corrected chi connectivity index (χ2v) is 10.7. The molecule has 0 heterocycles. The minimum Gasteiger partial charge on any atom is -0.495 e. The molecular formula is C24H31Cl2N3O5S. The highest BCUT2D eigenvalue weighted by Gasteiger charge is 2.26. The highest BCUT2D eigenvalue weighted by Crippen LogP contribution is 2.30. The lowest BCUT2D eigenvalue weighted by atomic mass is 10.1. The molecule has 0 aliphatic heterocycles. The highest BCUT2D eigenvalue weighted by molar-refractivity contribution is 7.92. The zero-order chi connectivity index (χ0) is 26.2. The van der Waals surface area contributed by atoms with Crippen molar-refractivity contribution in [3.63, 3.8) is 0 Å². The van der Waals surface area contributed by atoms with Gasteiger partial charge in [0.05, 0.1) is 24.1 Å². The van der Waals surface area contributed by atoms with Crippen molar-refractivity contribution in [2.24, 2.45) is 0 Å². The van der Waals surface area contributed by atoms with E-state index in [0.717, 1.165) is 11.8 Å². The summed E-state index contributed by atoms with van der Waals surface area (Å²) in [5, 5.41) is 3.59. The van der Waals surface area contributed by atoms with E-state index in [4.69, 9.17) is 27.9 Å². The van der Waals surface area contributed by atoms with Gasteiger partial charge in [0.1, 0.15) is 11.8 Å². The second kappa shape index (κ2) is 13.0. The Bertz CT molecular complexity index is 1130. The number of amides is 2. The third-order valence-corrected chi connectivity index (χ3v) is 7.10. The van der Waals surface area contributed by atoms with Gasteiger partial charge < -0.3 is 15.0 Å². The Morgan fingerprint density at radius 3 is 2.31 bits per heavy atom. The molecule has 0 radical (unpaired) electrons. The molecule has 0 spiro atoms. The number of anilines is 1. The van der Waals surface area contributed by atoms with Gasteiger partial charge in [0.15, 0.2) is 0 Å². The van der Waals surface area contributed by atoms with Crippen LogP contribution in [0.5, 0.6) is 5.75 Å². The maximum absolute atomic E-state index is 13.2. The number of nitrogens with one attached hydrogen (secondary N) is 1. The van der Waals surface area contributed by atoms with Gasteiger partial charge in [-0.3, -0.25) is 13.9 Å². The van der Waals surface area contributed by atoms with Crippen molar-refractivity contribution in [1.82, 2.24) is 10.2 Å². The Kier molecular flexibility index (Phi) is 10.7. The first-order valence-corrected chi connectivity index (χ1v) is 13.7. The third-order valence-electron chi connectivity index (χ3n) is 5.36. The molecule has 0 bridgehead atoms. The summed E-state index contributed by atoms with van der Waals surface area (Å²) >= 11 is 12.1. The summed E-state index contributed by atoms with van der Waals surface area (Å²) in [4.78, 5) is 27.2. The summed E-state index contributed by atoms with van der Waals surface area (Å²) in [6, 6.07) is 11.0. The predicted octanol–water partition coefficient (Wildman–Crippen LogP) is 4.10. The van der Waals surface area contributed by atoms with Gasteiger partial charge in [-0.05, 0) is 56.2 Å². The van der Waals surface area contributed by atoms with Crippen molar-refractivity contribution >= 4 is 50.7 Å². The van der Waals surface area contributed by atoms with Gasteiger partial charge in [0.2, 0.25) is 21.8 Å². The Labute approximate surface area is 217 Å². The van der Waals surface area contributed by atoms with Crippen LogP contribution >= 0.6 is 23.2 Å². The number of rotatable bonds is 12. The molecular weight excluding hydrogens is 513 g/mol. The molecule has 1 unspecified atom stereocenters. The Hall–Kier alpha value is -2.49. The van der Waals surface area contributed by atoms with E-state index in [-0.39, 0.29) is 42.8 Å². The van der Waals surface area contributed by atoms with Crippen LogP contribution in [0.15, 0.2) is 42.5 Å². The largest absolute Gasteiger partial charge is 0.495 e. The van der Waals surface area contributed by atoms with Crippen LogP contribution in [0.3, 0.4) is 0 Å². The highest BCUT2D eigenvalue weighted by atomic mass is 35.5. The molecule has 0 aliphatic rings. The van der Waals surface area contributed by atoms with Crippen molar-refractivity contribution in [2.45, 2.75) is 39.3 Å². The molecule has 2 amide bonds. The first-order chi connectivity index (χ1) is 16.5. The fourth-order valence-electron chi connectivity index (χ4n) is 3.51. The van der Waals surface area contributed by atoms with Crippen LogP contribution in [0.1, 0.15) is 32.3 Å². The van der Waals surface area contributed by atoms with E-state index in [9.17, 15) is 18.0 Å². The van der Waals surface area contributed by atoms with Gasteiger partial charge in [0, 0.05) is 31.1 Å². The zero-order valence-corrected chi connectivity index (χ0v) is 22.6. The molecule has 2 aromatic rings. The Morgan fingerprint density at radius 1 is 1.11 bits per heavy atom. The fourth-order valence-corrected chi connectivity index (χ4v) is 4.84. The maximum atomic E-state index is 13.2. The van der Waals surface area contributed by atoms with E-state index >= 15 is 0 Å². The molecule has 11 heteroatoms. The lowest BCUT2D eigenvalue weighted by molar-refractivity contribution is -0.140. The third kappa shape index (κ3) is 8.30. The van der Waals surface area contributed by atoms with Gasteiger partial charge in [-0.1, -0.05) is 35.3 Å². The lowest BCUT2D eigenvalue weighted by Gasteiger charge is -2.29. The minimum absolute atomic E-state index is 0.0489. The number of halogens is 2. The van der Waals surface area contributed by atoms with Crippen LogP contribution in [0.2, 0.25) is 10.0 Å². The van der Waals surface area contributed by atoms with Crippen molar-refractivity contribution in [2.75, 3.05) is 30.8 Å². The van der Waals surface area contributed by atoms with E-state index < -0.39 is 16.1 Å². The number of methoxy groups -OCH3 is 1. The normalized spacial score (nSPS) is 12.1. The summed E-state index contributed by atoms with van der Waals surface area (Å²) in [5.41, 5.74) is 1.20. The molecule has 0 aromatic heterocycles. The van der Waals surface area contributed by atoms with Crippen LogP contribution in [0.25, 0.3) is 0 Å². The molecule has 8 nitrogen and oxygen atoms in total. The lowest BCUT2D eigenvalue weighted by Crippen LogP contribution is -2.47. The summed E-state index contributed by atoms with van der Waals surface area (Å²) in [6.45, 7) is 4.21. The van der Waals surface area contributed by atoms with Gasteiger partial charge in [-0.2, -0.15) is 0 Å². The van der Waals surface area contributed by atoms with Crippen molar-refractivity contribution in [1.29, 1.82) is 0 Å². The summed E-state index contributed by atoms with van der Waals surface area (Å²) in [5.74, 6) is -0.100. The SMILES string of the molecule is CCNC(=O)C(C)N(Cc1ccc(Cl)cc1)C(=O)CCCN(c1ccc(OC)c(Cl)c1)S(C)(=O)=O. The standard InChI is InChI=1S/C24H31Cl2N3O5S/c1-5-27-24(31)17(2)28(16-18-8-10-19(25)11-9-18)23(30)7-6-14-29(35(4,32)33)20-12-13-22(34-3)21(26)15-20/h8-13,15,17H,5-7,14,16H2,1-4H3,(H,27,31). The Morgan fingerprint density at radius 2 is 1.77 bits per heavy atom. The molecule has 2 aromatic carbocycles. The topological polar surface area (TPSA) is 96.0 Å². The molecule has 1 atom stereocenters. The summed E-state index contributed by atoms with van der Waals surface area (Å²) < 4.78 is 31.2. The summed E-state index contributed by atoms with van der Waals surface area (Å²) in [7, 11) is -2.16. The number of carbonyl (C=O) groups is 2. The molecule has 0 saturated heterocycles. The van der Waals surface area contributed by atoms with Crippen molar-refractivity contribution < 1.29 is 22.7 Å². The zero-order valence-electron chi connectivity index (χ0n) is 20.3. The molecule has 192 valence electrons. The number of ether oxygens (including phenoxy) is 1. The quantitative estimate of drug-likeness (QED) is 0.434. The molecule has 35 heavy (non-hydrogen) atoms. The minimum atomic E-state index is -3.63. The number of carbonyl (C=O) groups excluding carboxylic acids is 2. The van der Waals surface area contributed by atoms with Gasteiger partial charge in [-0.15, -0.1) is 0 Å². The maximum Gasteiger partial charge on any atom is 0.242 e. The van der Waals surface area contributed by atoms with E-state index in [1.807, 2.05) is 0 Å². The van der Waals surface area contributed by atoms with Crippen LogP contribution in [0.4, 0.5) is 5.69 Å². The molecule has 2 rings (SSSR count). The van der Waals surface area contributed by atoms with Crippen LogP contribution in [-0.2, 0) is 26.2 Å². The van der Waals surface area contributed by atoms with Crippen molar-refractivity contribution in [3.8, 4) is 5.75 Å². The van der Waals surface area contributed by atoms with Crippen LogP contribution in [0, 0.1) is 0 Å². The second-order valence-electron chi connectivity index (χ2n) is 7.98. The average molecular weight is 545 g/mol. The number of sulfonamides is 1. The smallest absolute Gasteiger partial charge is 0.242 e. The molecule has 1 N–H and O–H groups in total. The average Bonchev–Trinajstić information content (AvgIpc) is 2.80.